The predicted octanol–water partition coefficient (Wildman–Crippen LogP) is 4.70. The molecule has 5 nitrogen and oxygen atoms in total. The van der Waals surface area contributed by atoms with E-state index in [0.29, 0.717) is 5.92 Å². The molecule has 1 aliphatic heterocycles. The molecule has 0 spiro atoms. The molecule has 1 aliphatic carbocycles. The number of benzene rings is 3. The number of sulfonamides is 1. The van der Waals surface area contributed by atoms with E-state index in [1.165, 1.54) is 0 Å². The van der Waals surface area contributed by atoms with E-state index >= 15 is 0 Å². The van der Waals surface area contributed by atoms with E-state index in [1.807, 2.05) is 48.5 Å². The molecule has 3 atom stereocenters. The van der Waals surface area contributed by atoms with Gasteiger partial charge in [0.25, 0.3) is 0 Å². The van der Waals surface area contributed by atoms with E-state index in [4.69, 9.17) is 0 Å². The van der Waals surface area contributed by atoms with Gasteiger partial charge in [-0.05, 0) is 59.4 Å². The molecule has 0 bridgehead atoms. The second-order valence-corrected chi connectivity index (χ2v) is 9.89. The maximum Gasteiger partial charge on any atom is 0.240 e. The third-order valence-electron chi connectivity index (χ3n) is 6.21. The minimum absolute atomic E-state index is 0.103. The monoisotopic (exact) mass is 432 g/mol. The molecule has 3 aromatic rings. The van der Waals surface area contributed by atoms with Crippen molar-refractivity contribution in [3.05, 3.63) is 102 Å². The van der Waals surface area contributed by atoms with Crippen LogP contribution < -0.4 is 10.0 Å². The van der Waals surface area contributed by atoms with Gasteiger partial charge in [0, 0.05) is 18.2 Å². The van der Waals surface area contributed by atoms with E-state index in [2.05, 4.69) is 22.2 Å². The molecule has 0 saturated heterocycles. The number of rotatable bonds is 5. The summed E-state index contributed by atoms with van der Waals surface area (Å²) in [6.07, 6.45) is 5.28. The van der Waals surface area contributed by atoms with Crippen LogP contribution in [-0.4, -0.2) is 13.5 Å². The highest BCUT2D eigenvalue weighted by atomic mass is 32.2. The number of anilines is 1. The van der Waals surface area contributed by atoms with E-state index in [9.17, 15) is 13.5 Å². The van der Waals surface area contributed by atoms with Crippen molar-refractivity contribution in [3.8, 4) is 5.75 Å². The molecule has 0 fully saturated rings. The van der Waals surface area contributed by atoms with Gasteiger partial charge in [-0.1, -0.05) is 54.6 Å². The van der Waals surface area contributed by atoms with Crippen molar-refractivity contribution < 1.29 is 13.5 Å². The lowest BCUT2D eigenvalue weighted by atomic mass is 9.77. The molecule has 0 aromatic heterocycles. The van der Waals surface area contributed by atoms with Crippen LogP contribution in [0.2, 0.25) is 0 Å². The lowest BCUT2D eigenvalue weighted by Crippen LogP contribution is -2.29. The number of phenolic OH excluding ortho intramolecular Hbond substituents is 1. The first-order valence-electron chi connectivity index (χ1n) is 10.4. The largest absolute Gasteiger partial charge is 0.508 e. The van der Waals surface area contributed by atoms with Crippen LogP contribution in [0.1, 0.15) is 35.1 Å². The van der Waals surface area contributed by atoms with E-state index in [-0.39, 0.29) is 29.1 Å². The van der Waals surface area contributed by atoms with E-state index in [0.717, 1.165) is 28.8 Å². The Morgan fingerprint density at radius 2 is 1.77 bits per heavy atom. The molecular formula is C25H24N2O3S. The average molecular weight is 433 g/mol. The first kappa shape index (κ1) is 19.8. The number of nitrogens with one attached hydrogen (secondary N) is 2. The number of allylic oxidation sites excluding steroid dienone is 2. The Morgan fingerprint density at radius 1 is 1.00 bits per heavy atom. The summed E-state index contributed by atoms with van der Waals surface area (Å²) in [7, 11) is -3.62. The van der Waals surface area contributed by atoms with Gasteiger partial charge < -0.3 is 10.4 Å². The van der Waals surface area contributed by atoms with Crippen molar-refractivity contribution in [2.45, 2.75) is 29.8 Å². The number of fused-ring (bicyclic) bond motifs is 3. The van der Waals surface area contributed by atoms with Gasteiger partial charge in [-0.25, -0.2) is 13.1 Å². The molecule has 5 rings (SSSR count). The van der Waals surface area contributed by atoms with Crippen LogP contribution in [0.25, 0.3) is 0 Å². The number of hydrogen-bond donors (Lipinski definition) is 3. The maximum atomic E-state index is 12.9. The molecule has 158 valence electrons. The van der Waals surface area contributed by atoms with Gasteiger partial charge in [-0.3, -0.25) is 0 Å². The van der Waals surface area contributed by atoms with Gasteiger partial charge in [0.1, 0.15) is 5.75 Å². The van der Waals surface area contributed by atoms with Crippen molar-refractivity contribution in [1.29, 1.82) is 0 Å². The highest BCUT2D eigenvalue weighted by Crippen LogP contribution is 2.50. The van der Waals surface area contributed by atoms with Crippen molar-refractivity contribution in [2.24, 2.45) is 5.92 Å². The smallest absolute Gasteiger partial charge is 0.240 e. The van der Waals surface area contributed by atoms with Crippen molar-refractivity contribution in [2.75, 3.05) is 5.32 Å². The molecule has 2 aliphatic rings. The van der Waals surface area contributed by atoms with Gasteiger partial charge in [0.15, 0.2) is 0 Å². The fourth-order valence-electron chi connectivity index (χ4n) is 4.61. The lowest BCUT2D eigenvalue weighted by molar-refractivity contribution is 0.424. The first-order chi connectivity index (χ1) is 15.0. The fraction of sp³-hybridized carbons (Fsp3) is 0.200. The standard InChI is InChI=1S/C25H24N2O3S/c28-19-11-9-18(10-12-19)25-22-8-4-7-21(22)23-15-20(13-14-24(23)27-25)31(29,30)26-16-17-5-2-1-3-6-17/h1-7,9-15,21-22,25-28H,8,16H2. The van der Waals surface area contributed by atoms with Crippen LogP contribution >= 0.6 is 0 Å². The molecule has 3 N–H and O–H groups in total. The summed E-state index contributed by atoms with van der Waals surface area (Å²) in [5.74, 6) is 0.700. The SMILES string of the molecule is O=S(=O)(NCc1ccccc1)c1ccc2c(c1)C1C=CCC1C(c1ccc(O)cc1)N2. The Kier molecular flexibility index (Phi) is 5.04. The molecular weight excluding hydrogens is 408 g/mol. The molecule has 0 radical (unpaired) electrons. The molecule has 3 unspecified atom stereocenters. The van der Waals surface area contributed by atoms with Crippen LogP contribution in [-0.2, 0) is 16.6 Å². The Morgan fingerprint density at radius 3 is 2.55 bits per heavy atom. The molecule has 1 heterocycles. The zero-order valence-corrected chi connectivity index (χ0v) is 17.7. The highest BCUT2D eigenvalue weighted by Gasteiger charge is 2.38. The van der Waals surface area contributed by atoms with Crippen molar-refractivity contribution in [1.82, 2.24) is 4.72 Å². The molecule has 0 amide bonds. The van der Waals surface area contributed by atoms with Crippen LogP contribution in [0.3, 0.4) is 0 Å². The van der Waals surface area contributed by atoms with Crippen LogP contribution in [0, 0.1) is 5.92 Å². The highest BCUT2D eigenvalue weighted by molar-refractivity contribution is 7.89. The number of hydrogen-bond acceptors (Lipinski definition) is 4. The molecule has 0 saturated carbocycles. The van der Waals surface area contributed by atoms with E-state index in [1.54, 1.807) is 24.3 Å². The maximum absolute atomic E-state index is 12.9. The Bertz CT molecular complexity index is 1220. The summed E-state index contributed by atoms with van der Waals surface area (Å²) >= 11 is 0. The van der Waals surface area contributed by atoms with E-state index < -0.39 is 10.0 Å². The Balaban J connectivity index is 1.43. The Labute approximate surface area is 182 Å². The minimum Gasteiger partial charge on any atom is -0.508 e. The second kappa shape index (κ2) is 7.87. The summed E-state index contributed by atoms with van der Waals surface area (Å²) in [6.45, 7) is 0.257. The van der Waals surface area contributed by atoms with Gasteiger partial charge in [0.2, 0.25) is 10.0 Å². The fourth-order valence-corrected chi connectivity index (χ4v) is 5.66. The minimum atomic E-state index is -3.62. The van der Waals surface area contributed by atoms with Crippen LogP contribution in [0.4, 0.5) is 5.69 Å². The quantitative estimate of drug-likeness (QED) is 0.511. The summed E-state index contributed by atoms with van der Waals surface area (Å²) in [4.78, 5) is 0.283. The summed E-state index contributed by atoms with van der Waals surface area (Å²) in [5, 5.41) is 13.2. The number of aromatic hydroxyl groups is 1. The van der Waals surface area contributed by atoms with Gasteiger partial charge in [-0.15, -0.1) is 0 Å². The molecule has 31 heavy (non-hydrogen) atoms. The zero-order chi connectivity index (χ0) is 21.4. The summed E-state index contributed by atoms with van der Waals surface area (Å²) in [6, 6.07) is 22.2. The first-order valence-corrected chi connectivity index (χ1v) is 11.9. The normalized spacial score (nSPS) is 21.9. The third kappa shape index (κ3) is 3.84. The lowest BCUT2D eigenvalue weighted by Gasteiger charge is -2.37. The average Bonchev–Trinajstić information content (AvgIpc) is 3.29. The topological polar surface area (TPSA) is 78.4 Å². The summed E-state index contributed by atoms with van der Waals surface area (Å²) < 4.78 is 28.6. The Hall–Kier alpha value is -3.09. The van der Waals surface area contributed by atoms with Gasteiger partial charge >= 0.3 is 0 Å². The molecule has 3 aromatic carbocycles. The van der Waals surface area contributed by atoms with Crippen molar-refractivity contribution >= 4 is 15.7 Å². The zero-order valence-electron chi connectivity index (χ0n) is 16.9. The third-order valence-corrected chi connectivity index (χ3v) is 7.60. The predicted molar refractivity (Wildman–Crippen MR) is 121 cm³/mol. The van der Waals surface area contributed by atoms with Crippen molar-refractivity contribution in [3.63, 3.8) is 0 Å². The van der Waals surface area contributed by atoms with Gasteiger partial charge in [0.05, 0.1) is 10.9 Å². The number of phenols is 1. The van der Waals surface area contributed by atoms with Crippen LogP contribution in [0.15, 0.2) is 89.8 Å². The molecule has 6 heteroatoms. The summed E-state index contributed by atoms with van der Waals surface area (Å²) in [5.41, 5.74) is 3.99. The van der Waals surface area contributed by atoms with Crippen LogP contribution in [0.5, 0.6) is 5.75 Å². The second-order valence-electron chi connectivity index (χ2n) is 8.13. The van der Waals surface area contributed by atoms with Gasteiger partial charge in [-0.2, -0.15) is 0 Å².